The van der Waals surface area contributed by atoms with E-state index in [0.717, 1.165) is 11.8 Å². The Morgan fingerprint density at radius 3 is 2.65 bits per heavy atom. The van der Waals surface area contributed by atoms with Gasteiger partial charge in [0.1, 0.15) is 0 Å². The first-order chi connectivity index (χ1) is 8.22. The molecule has 1 saturated heterocycles. The van der Waals surface area contributed by atoms with Gasteiger partial charge in [-0.1, -0.05) is 19.1 Å². The molecule has 1 heterocycles. The molecule has 0 amide bonds. The van der Waals surface area contributed by atoms with Crippen molar-refractivity contribution in [2.45, 2.75) is 31.7 Å². The molecule has 0 bridgehead atoms. The number of benzene rings is 1. The summed E-state index contributed by atoms with van der Waals surface area (Å²) in [5.41, 5.74) is 2.72. The van der Waals surface area contributed by atoms with E-state index in [1.807, 2.05) is 7.05 Å². The smallest absolute Gasteiger partial charge is 0.0378 e. The fourth-order valence-corrected chi connectivity index (χ4v) is 3.41. The summed E-state index contributed by atoms with van der Waals surface area (Å²) in [6.07, 6.45) is 0. The van der Waals surface area contributed by atoms with Crippen molar-refractivity contribution in [1.29, 1.82) is 0 Å². The number of hydrogen-bond acceptors (Lipinski definition) is 3. The lowest BCUT2D eigenvalue weighted by molar-refractivity contribution is 0.627. The molecular weight excluding hydrogens is 228 g/mol. The van der Waals surface area contributed by atoms with E-state index in [-0.39, 0.29) is 0 Å². The number of hydrogen-bond donors (Lipinski definition) is 1. The second kappa shape index (κ2) is 5.78. The van der Waals surface area contributed by atoms with Crippen molar-refractivity contribution in [3.8, 4) is 0 Å². The molecule has 1 aliphatic heterocycles. The third-order valence-corrected chi connectivity index (χ3v) is 4.87. The molecule has 2 rings (SSSR count). The summed E-state index contributed by atoms with van der Waals surface area (Å²) < 4.78 is 0. The average molecular weight is 250 g/mol. The second-order valence-corrected chi connectivity index (χ2v) is 6.19. The Bertz CT molecular complexity index is 350. The number of anilines is 1. The van der Waals surface area contributed by atoms with Gasteiger partial charge in [-0.05, 0) is 31.7 Å². The normalized spacial score (nSPS) is 25.0. The highest BCUT2D eigenvalue weighted by atomic mass is 32.2. The van der Waals surface area contributed by atoms with Crippen molar-refractivity contribution >= 4 is 17.4 Å². The average Bonchev–Trinajstić information content (AvgIpc) is 2.34. The van der Waals surface area contributed by atoms with Gasteiger partial charge in [0.15, 0.2) is 0 Å². The van der Waals surface area contributed by atoms with Crippen LogP contribution in [0.15, 0.2) is 24.3 Å². The van der Waals surface area contributed by atoms with Crippen molar-refractivity contribution in [2.75, 3.05) is 24.2 Å². The van der Waals surface area contributed by atoms with Crippen LogP contribution < -0.4 is 10.2 Å². The van der Waals surface area contributed by atoms with Crippen molar-refractivity contribution < 1.29 is 0 Å². The minimum Gasteiger partial charge on any atom is -0.367 e. The molecule has 0 radical (unpaired) electrons. The van der Waals surface area contributed by atoms with Crippen LogP contribution in [-0.2, 0) is 6.54 Å². The van der Waals surface area contributed by atoms with Crippen LogP contribution in [0, 0.1) is 0 Å². The first-order valence-corrected chi connectivity index (χ1v) is 7.39. The molecule has 0 aromatic heterocycles. The highest BCUT2D eigenvalue weighted by Gasteiger charge is 2.25. The van der Waals surface area contributed by atoms with Gasteiger partial charge in [0, 0.05) is 35.8 Å². The van der Waals surface area contributed by atoms with Gasteiger partial charge in [0.25, 0.3) is 0 Å². The van der Waals surface area contributed by atoms with E-state index < -0.39 is 0 Å². The number of rotatable bonds is 3. The maximum atomic E-state index is 3.18. The topological polar surface area (TPSA) is 15.3 Å². The van der Waals surface area contributed by atoms with Crippen LogP contribution in [-0.4, -0.2) is 30.6 Å². The van der Waals surface area contributed by atoms with E-state index >= 15 is 0 Å². The number of nitrogens with zero attached hydrogens (tertiary/aromatic N) is 1. The van der Waals surface area contributed by atoms with Crippen LogP contribution in [0.25, 0.3) is 0 Å². The third kappa shape index (κ3) is 2.96. The summed E-state index contributed by atoms with van der Waals surface area (Å²) in [5, 5.41) is 3.90. The fourth-order valence-electron chi connectivity index (χ4n) is 2.31. The minimum absolute atomic E-state index is 0.629. The van der Waals surface area contributed by atoms with E-state index in [1.165, 1.54) is 23.5 Å². The molecule has 1 N–H and O–H groups in total. The van der Waals surface area contributed by atoms with Gasteiger partial charge in [0.2, 0.25) is 0 Å². The lowest BCUT2D eigenvalue weighted by Crippen LogP contribution is -2.44. The predicted octanol–water partition coefficient (Wildman–Crippen LogP) is 2.74. The van der Waals surface area contributed by atoms with Gasteiger partial charge in [-0.25, -0.2) is 0 Å². The lowest BCUT2D eigenvalue weighted by Gasteiger charge is -2.39. The Morgan fingerprint density at radius 2 is 2.00 bits per heavy atom. The summed E-state index contributed by atoms with van der Waals surface area (Å²) >= 11 is 2.08. The highest BCUT2D eigenvalue weighted by Crippen LogP contribution is 2.29. The molecular formula is C14H22N2S. The summed E-state index contributed by atoms with van der Waals surface area (Å²) in [7, 11) is 1.99. The molecule has 0 saturated carbocycles. The maximum Gasteiger partial charge on any atom is 0.0378 e. The fraction of sp³-hybridized carbons (Fsp3) is 0.571. The van der Waals surface area contributed by atoms with E-state index in [0.29, 0.717) is 6.04 Å². The SMILES string of the molecule is CNCc1ccc(N2CCSC(C)C2C)cc1. The molecule has 2 atom stereocenters. The summed E-state index contributed by atoms with van der Waals surface area (Å²) in [6, 6.07) is 9.59. The standard InChI is InChI=1S/C14H22N2S/c1-11-12(2)17-9-8-16(11)14-6-4-13(5-7-14)10-15-3/h4-7,11-12,15H,8-10H2,1-3H3. The van der Waals surface area contributed by atoms with E-state index in [4.69, 9.17) is 0 Å². The maximum absolute atomic E-state index is 3.18. The van der Waals surface area contributed by atoms with Gasteiger partial charge < -0.3 is 10.2 Å². The van der Waals surface area contributed by atoms with E-state index in [2.05, 4.69) is 60.1 Å². The molecule has 17 heavy (non-hydrogen) atoms. The van der Waals surface area contributed by atoms with Crippen LogP contribution in [0.1, 0.15) is 19.4 Å². The quantitative estimate of drug-likeness (QED) is 0.888. The zero-order chi connectivity index (χ0) is 12.3. The van der Waals surface area contributed by atoms with Gasteiger partial charge in [-0.3, -0.25) is 0 Å². The van der Waals surface area contributed by atoms with Gasteiger partial charge in [-0.15, -0.1) is 0 Å². The van der Waals surface area contributed by atoms with Crippen LogP contribution in [0.5, 0.6) is 0 Å². The van der Waals surface area contributed by atoms with Crippen molar-refractivity contribution in [1.82, 2.24) is 5.32 Å². The second-order valence-electron chi connectivity index (χ2n) is 4.71. The number of thioether (sulfide) groups is 1. The van der Waals surface area contributed by atoms with Crippen LogP contribution in [0.4, 0.5) is 5.69 Å². The molecule has 0 aliphatic carbocycles. The number of nitrogens with one attached hydrogen (secondary N) is 1. The first kappa shape index (κ1) is 12.8. The summed E-state index contributed by atoms with van der Waals surface area (Å²) in [4.78, 5) is 2.53. The highest BCUT2D eigenvalue weighted by molar-refractivity contribution is 8.00. The molecule has 2 unspecified atom stereocenters. The van der Waals surface area contributed by atoms with Gasteiger partial charge in [0.05, 0.1) is 0 Å². The predicted molar refractivity (Wildman–Crippen MR) is 77.9 cm³/mol. The molecule has 0 spiro atoms. The third-order valence-electron chi connectivity index (χ3n) is 3.53. The molecule has 94 valence electrons. The van der Waals surface area contributed by atoms with Crippen molar-refractivity contribution in [3.63, 3.8) is 0 Å². The molecule has 1 aromatic rings. The molecule has 1 fully saturated rings. The van der Waals surface area contributed by atoms with E-state index in [9.17, 15) is 0 Å². The van der Waals surface area contributed by atoms with Crippen LogP contribution in [0.2, 0.25) is 0 Å². The molecule has 1 aliphatic rings. The lowest BCUT2D eigenvalue weighted by atomic mass is 10.1. The van der Waals surface area contributed by atoms with Crippen molar-refractivity contribution in [2.24, 2.45) is 0 Å². The van der Waals surface area contributed by atoms with Crippen molar-refractivity contribution in [3.05, 3.63) is 29.8 Å². The minimum atomic E-state index is 0.629. The monoisotopic (exact) mass is 250 g/mol. The largest absolute Gasteiger partial charge is 0.367 e. The van der Waals surface area contributed by atoms with Gasteiger partial charge >= 0.3 is 0 Å². The van der Waals surface area contributed by atoms with Crippen LogP contribution >= 0.6 is 11.8 Å². The summed E-state index contributed by atoms with van der Waals surface area (Å²) in [6.45, 7) is 6.78. The Morgan fingerprint density at radius 1 is 1.29 bits per heavy atom. The van der Waals surface area contributed by atoms with E-state index in [1.54, 1.807) is 0 Å². The molecule has 3 heteroatoms. The Labute approximate surface area is 109 Å². The zero-order valence-corrected chi connectivity index (χ0v) is 11.8. The Kier molecular flexibility index (Phi) is 4.35. The Hall–Kier alpha value is -0.670. The molecule has 2 nitrogen and oxygen atoms in total. The van der Waals surface area contributed by atoms with Crippen LogP contribution in [0.3, 0.4) is 0 Å². The zero-order valence-electron chi connectivity index (χ0n) is 10.9. The van der Waals surface area contributed by atoms with Gasteiger partial charge in [-0.2, -0.15) is 11.8 Å². The molecule has 1 aromatic carbocycles. The Balaban J connectivity index is 2.10. The summed E-state index contributed by atoms with van der Waals surface area (Å²) in [5.74, 6) is 1.24. The first-order valence-electron chi connectivity index (χ1n) is 6.34.